The highest BCUT2D eigenvalue weighted by atomic mass is 32.1. The number of nitrogens with one attached hydrogen (secondary N) is 1. The van der Waals surface area contributed by atoms with Gasteiger partial charge in [0, 0.05) is 70.1 Å². The molecule has 0 radical (unpaired) electrons. The second-order valence-corrected chi connectivity index (χ2v) is 16.1. The van der Waals surface area contributed by atoms with Gasteiger partial charge in [-0.05, 0) is 81.9 Å². The van der Waals surface area contributed by atoms with Crippen LogP contribution in [0.25, 0.3) is 75.4 Å². The van der Waals surface area contributed by atoms with Gasteiger partial charge in [-0.25, -0.2) is 0 Å². The van der Waals surface area contributed by atoms with E-state index in [-0.39, 0.29) is 5.41 Å². The molecule has 0 fully saturated rings. The van der Waals surface area contributed by atoms with Gasteiger partial charge in [0.15, 0.2) is 0 Å². The molecule has 0 amide bonds. The van der Waals surface area contributed by atoms with Crippen molar-refractivity contribution in [1.82, 2.24) is 4.98 Å². The van der Waals surface area contributed by atoms with Crippen molar-refractivity contribution in [2.45, 2.75) is 19.3 Å². The van der Waals surface area contributed by atoms with Crippen molar-refractivity contribution in [3.8, 4) is 33.4 Å². The number of rotatable bonds is 5. The van der Waals surface area contributed by atoms with E-state index < -0.39 is 0 Å². The molecule has 0 spiro atoms. The average Bonchev–Trinajstić information content (AvgIpc) is 3.86. The average molecular weight is 709 g/mol. The Morgan fingerprint density at radius 2 is 1.07 bits per heavy atom. The lowest BCUT2D eigenvalue weighted by Gasteiger charge is -2.28. The third-order valence-electron chi connectivity index (χ3n) is 11.6. The summed E-state index contributed by atoms with van der Waals surface area (Å²) in [6.45, 7) is 4.72. The first-order valence-corrected chi connectivity index (χ1v) is 19.5. The number of aromatic amines is 1. The van der Waals surface area contributed by atoms with E-state index in [9.17, 15) is 0 Å². The van der Waals surface area contributed by atoms with Crippen molar-refractivity contribution in [3.63, 3.8) is 0 Å². The second kappa shape index (κ2) is 11.8. The van der Waals surface area contributed by atoms with Gasteiger partial charge in [-0.15, -0.1) is 11.3 Å². The first-order chi connectivity index (χ1) is 26.5. The van der Waals surface area contributed by atoms with Crippen molar-refractivity contribution >= 4 is 70.4 Å². The molecule has 0 atom stereocenters. The number of benzene rings is 8. The Kier molecular flexibility index (Phi) is 6.80. The van der Waals surface area contributed by atoms with Crippen LogP contribution in [0.3, 0.4) is 0 Å². The fourth-order valence-electron chi connectivity index (χ4n) is 8.95. The van der Waals surface area contributed by atoms with Gasteiger partial charge in [-0.3, -0.25) is 0 Å². The van der Waals surface area contributed by atoms with Gasteiger partial charge in [-0.1, -0.05) is 141 Å². The molecule has 8 aromatic carbocycles. The van der Waals surface area contributed by atoms with Crippen LogP contribution in [0.4, 0.5) is 17.1 Å². The number of nitrogens with zero attached hydrogens (tertiary/aromatic N) is 1. The molecule has 1 aliphatic carbocycles. The van der Waals surface area contributed by atoms with E-state index in [2.05, 4.69) is 200 Å². The van der Waals surface area contributed by atoms with Crippen molar-refractivity contribution < 1.29 is 0 Å². The highest BCUT2D eigenvalue weighted by Gasteiger charge is 2.35. The van der Waals surface area contributed by atoms with Crippen LogP contribution in [0, 0.1) is 0 Å². The van der Waals surface area contributed by atoms with Gasteiger partial charge < -0.3 is 9.88 Å². The van der Waals surface area contributed by atoms with Gasteiger partial charge >= 0.3 is 0 Å². The standard InChI is InChI=1S/C51H36N2S/c1-51(2)45-20-8-6-14-37(45)38-28-26-36(31-46(38)51)53(34-24-22-33(23-25-34)32-12-4-3-5-13-32)35-27-29-48-44(30-35)43-19-11-18-42(50(43)54-48)41-17-10-16-40-39-15-7-9-21-47(39)52-49(40)41/h3-31,52H,1-2H3. The molecule has 2 nitrogen and oxygen atoms in total. The molecule has 0 saturated carbocycles. The van der Waals surface area contributed by atoms with Gasteiger partial charge in [0.25, 0.3) is 0 Å². The lowest BCUT2D eigenvalue weighted by Crippen LogP contribution is -2.16. The molecule has 256 valence electrons. The van der Waals surface area contributed by atoms with E-state index in [0.29, 0.717) is 0 Å². The van der Waals surface area contributed by atoms with Crippen molar-refractivity contribution in [2.75, 3.05) is 4.90 Å². The van der Waals surface area contributed by atoms with Crippen LogP contribution in [0.1, 0.15) is 25.0 Å². The minimum absolute atomic E-state index is 0.0947. The highest BCUT2D eigenvalue weighted by molar-refractivity contribution is 7.26. The van der Waals surface area contributed by atoms with Gasteiger partial charge in [0.05, 0.1) is 5.52 Å². The van der Waals surface area contributed by atoms with E-state index in [1.165, 1.54) is 86.5 Å². The molecule has 54 heavy (non-hydrogen) atoms. The van der Waals surface area contributed by atoms with Gasteiger partial charge in [-0.2, -0.15) is 0 Å². The Morgan fingerprint density at radius 3 is 1.94 bits per heavy atom. The monoisotopic (exact) mass is 708 g/mol. The lowest BCUT2D eigenvalue weighted by atomic mass is 9.82. The molecule has 0 saturated heterocycles. The smallest absolute Gasteiger partial charge is 0.0545 e. The van der Waals surface area contributed by atoms with Crippen molar-refractivity contribution in [2.24, 2.45) is 0 Å². The predicted molar refractivity (Wildman–Crippen MR) is 232 cm³/mol. The zero-order valence-electron chi connectivity index (χ0n) is 30.1. The first-order valence-electron chi connectivity index (χ1n) is 18.7. The summed E-state index contributed by atoms with van der Waals surface area (Å²) in [5.41, 5.74) is 16.1. The van der Waals surface area contributed by atoms with Crippen LogP contribution in [0.5, 0.6) is 0 Å². The van der Waals surface area contributed by atoms with E-state index in [1.807, 2.05) is 11.3 Å². The summed E-state index contributed by atoms with van der Waals surface area (Å²) in [7, 11) is 0. The molecule has 1 aliphatic rings. The molecule has 0 unspecified atom stereocenters. The minimum Gasteiger partial charge on any atom is -0.354 e. The minimum atomic E-state index is -0.0947. The third-order valence-corrected chi connectivity index (χ3v) is 12.8. The van der Waals surface area contributed by atoms with E-state index in [4.69, 9.17) is 0 Å². The summed E-state index contributed by atoms with van der Waals surface area (Å²) in [5, 5.41) is 5.08. The number of para-hydroxylation sites is 2. The number of hydrogen-bond acceptors (Lipinski definition) is 2. The molecular weight excluding hydrogens is 673 g/mol. The largest absolute Gasteiger partial charge is 0.354 e. The molecule has 11 rings (SSSR count). The van der Waals surface area contributed by atoms with Crippen molar-refractivity contribution in [3.05, 3.63) is 187 Å². The van der Waals surface area contributed by atoms with Gasteiger partial charge in [0.1, 0.15) is 0 Å². The Hall–Kier alpha value is -6.42. The van der Waals surface area contributed by atoms with E-state index >= 15 is 0 Å². The summed E-state index contributed by atoms with van der Waals surface area (Å²) < 4.78 is 2.60. The summed E-state index contributed by atoms with van der Waals surface area (Å²) >= 11 is 1.89. The Balaban J connectivity index is 1.08. The quantitative estimate of drug-likeness (QED) is 0.189. The van der Waals surface area contributed by atoms with Crippen molar-refractivity contribution in [1.29, 1.82) is 0 Å². The molecular formula is C51H36N2S. The fraction of sp³-hybridized carbons (Fsp3) is 0.0588. The van der Waals surface area contributed by atoms with Crippen LogP contribution >= 0.6 is 11.3 Å². The number of hydrogen-bond donors (Lipinski definition) is 1. The van der Waals surface area contributed by atoms with Crippen LogP contribution in [0.2, 0.25) is 0 Å². The van der Waals surface area contributed by atoms with Crippen LogP contribution in [-0.4, -0.2) is 4.98 Å². The second-order valence-electron chi connectivity index (χ2n) is 15.0. The Bertz CT molecular complexity index is 3070. The highest BCUT2D eigenvalue weighted by Crippen LogP contribution is 2.51. The van der Waals surface area contributed by atoms with Gasteiger partial charge in [0.2, 0.25) is 0 Å². The maximum absolute atomic E-state index is 3.75. The third kappa shape index (κ3) is 4.65. The maximum Gasteiger partial charge on any atom is 0.0545 e. The van der Waals surface area contributed by atoms with Crippen LogP contribution < -0.4 is 4.90 Å². The molecule has 2 aromatic heterocycles. The maximum atomic E-state index is 3.75. The summed E-state index contributed by atoms with van der Waals surface area (Å²) in [4.78, 5) is 6.18. The lowest BCUT2D eigenvalue weighted by molar-refractivity contribution is 0.660. The predicted octanol–water partition coefficient (Wildman–Crippen LogP) is 14.8. The number of thiophene rings is 1. The van der Waals surface area contributed by atoms with E-state index in [1.54, 1.807) is 0 Å². The molecule has 3 heteroatoms. The molecule has 10 aromatic rings. The SMILES string of the molecule is CC1(C)c2ccccc2-c2ccc(N(c3ccc(-c4ccccc4)cc3)c3ccc4sc5c(-c6cccc7c6[nH]c6ccccc67)cccc5c4c3)cc21. The zero-order valence-corrected chi connectivity index (χ0v) is 30.9. The number of fused-ring (bicyclic) bond motifs is 9. The Morgan fingerprint density at radius 1 is 0.444 bits per heavy atom. The van der Waals surface area contributed by atoms with Crippen LogP contribution in [0.15, 0.2) is 176 Å². The summed E-state index contributed by atoms with van der Waals surface area (Å²) in [5.74, 6) is 0. The zero-order chi connectivity index (χ0) is 36.0. The summed E-state index contributed by atoms with van der Waals surface area (Å²) in [6.07, 6.45) is 0. The van der Waals surface area contributed by atoms with E-state index in [0.717, 1.165) is 17.1 Å². The molecule has 0 aliphatic heterocycles. The fourth-order valence-corrected chi connectivity index (χ4v) is 10.2. The molecule has 2 heterocycles. The topological polar surface area (TPSA) is 19.0 Å². The summed E-state index contributed by atoms with van der Waals surface area (Å²) in [6, 6.07) is 64.7. The number of anilines is 3. The molecule has 1 N–H and O–H groups in total. The normalized spacial score (nSPS) is 13.1. The van der Waals surface area contributed by atoms with Crippen LogP contribution in [-0.2, 0) is 5.41 Å². The molecule has 0 bridgehead atoms. The number of H-pyrrole nitrogens is 1. The number of aromatic nitrogens is 1. The first kappa shape index (κ1) is 31.1. The Labute approximate surface area is 318 Å².